The van der Waals surface area contributed by atoms with E-state index >= 15 is 0 Å². The van der Waals surface area contributed by atoms with E-state index in [0.717, 1.165) is 17.7 Å². The van der Waals surface area contributed by atoms with Crippen LogP contribution in [0.3, 0.4) is 0 Å². The minimum absolute atomic E-state index is 0.238. The highest BCUT2D eigenvalue weighted by Gasteiger charge is 2.25. The number of carbonyl (C=O) groups is 2. The molecule has 0 unspecified atom stereocenters. The van der Waals surface area contributed by atoms with E-state index in [0.29, 0.717) is 11.3 Å². The van der Waals surface area contributed by atoms with Crippen molar-refractivity contribution in [3.05, 3.63) is 65.1 Å². The molecule has 0 spiro atoms. The second-order valence-electron chi connectivity index (χ2n) is 4.95. The van der Waals surface area contributed by atoms with Crippen LogP contribution in [0.2, 0.25) is 0 Å². The summed E-state index contributed by atoms with van der Waals surface area (Å²) in [6.45, 7) is 0.274. The number of hydrogen-bond donors (Lipinski definition) is 0. The molecule has 0 bridgehead atoms. The zero-order valence-electron chi connectivity index (χ0n) is 11.8. The van der Waals surface area contributed by atoms with E-state index in [1.54, 1.807) is 4.90 Å². The van der Waals surface area contributed by atoms with Gasteiger partial charge in [-0.2, -0.15) is 4.73 Å². The highest BCUT2D eigenvalue weighted by atomic mass is 16.5. The third kappa shape index (κ3) is 2.76. The van der Waals surface area contributed by atoms with Crippen molar-refractivity contribution in [3.8, 4) is 0 Å². The Kier molecular flexibility index (Phi) is 3.74. The molecule has 22 heavy (non-hydrogen) atoms. The molecule has 1 aliphatic rings. The summed E-state index contributed by atoms with van der Waals surface area (Å²) in [5.74, 6) is -0.880. The van der Waals surface area contributed by atoms with Crippen molar-refractivity contribution in [2.45, 2.75) is 6.42 Å². The number of ether oxygens (including phenoxy) is 1. The number of nitrogens with zero attached hydrogens (tertiary/aromatic N) is 2. The number of hydrogen-bond acceptors (Lipinski definition) is 4. The molecule has 0 atom stereocenters. The first-order valence-electron chi connectivity index (χ1n) is 6.89. The fourth-order valence-corrected chi connectivity index (χ4v) is 2.43. The quantitative estimate of drug-likeness (QED) is 0.482. The lowest BCUT2D eigenvalue weighted by Crippen LogP contribution is -2.33. The SMILES string of the molecule is O=C(OCC(=O)N1CCc2ccccc21)c1cc[n+]([O-])cc1. The van der Waals surface area contributed by atoms with Crippen LogP contribution >= 0.6 is 0 Å². The fourth-order valence-electron chi connectivity index (χ4n) is 2.43. The Bertz CT molecular complexity index is 712. The molecule has 112 valence electrons. The summed E-state index contributed by atoms with van der Waals surface area (Å²) in [7, 11) is 0. The van der Waals surface area contributed by atoms with Crippen LogP contribution in [0, 0.1) is 5.21 Å². The number of rotatable bonds is 3. The number of fused-ring (bicyclic) bond motifs is 1. The van der Waals surface area contributed by atoms with Crippen molar-refractivity contribution in [3.63, 3.8) is 0 Å². The Morgan fingerprint density at radius 1 is 1.18 bits per heavy atom. The zero-order valence-corrected chi connectivity index (χ0v) is 11.8. The van der Waals surface area contributed by atoms with Gasteiger partial charge in [-0.15, -0.1) is 0 Å². The maximum absolute atomic E-state index is 12.2. The van der Waals surface area contributed by atoms with Gasteiger partial charge >= 0.3 is 5.97 Å². The van der Waals surface area contributed by atoms with Gasteiger partial charge in [0.15, 0.2) is 19.0 Å². The van der Waals surface area contributed by atoms with Crippen molar-refractivity contribution < 1.29 is 19.1 Å². The van der Waals surface area contributed by atoms with E-state index in [1.165, 1.54) is 24.5 Å². The van der Waals surface area contributed by atoms with E-state index in [1.807, 2.05) is 24.3 Å². The highest BCUT2D eigenvalue weighted by molar-refractivity contribution is 5.98. The number of carbonyl (C=O) groups excluding carboxylic acids is 2. The van der Waals surface area contributed by atoms with Crippen LogP contribution in [-0.4, -0.2) is 25.0 Å². The molecule has 6 heteroatoms. The molecule has 3 rings (SSSR count). The molecule has 2 heterocycles. The predicted molar refractivity (Wildman–Crippen MR) is 78.2 cm³/mol. The normalized spacial score (nSPS) is 12.8. The smallest absolute Gasteiger partial charge is 0.339 e. The molecule has 6 nitrogen and oxygen atoms in total. The Morgan fingerprint density at radius 3 is 2.68 bits per heavy atom. The van der Waals surface area contributed by atoms with Crippen LogP contribution in [0.4, 0.5) is 5.69 Å². The van der Waals surface area contributed by atoms with Crippen LogP contribution in [0.1, 0.15) is 15.9 Å². The summed E-state index contributed by atoms with van der Waals surface area (Å²) in [6.07, 6.45) is 3.21. The summed E-state index contributed by atoms with van der Waals surface area (Å²) in [4.78, 5) is 25.6. The first-order chi connectivity index (χ1) is 10.6. The summed E-state index contributed by atoms with van der Waals surface area (Å²) >= 11 is 0. The van der Waals surface area contributed by atoms with Crippen molar-refractivity contribution in [2.75, 3.05) is 18.1 Å². The lowest BCUT2D eigenvalue weighted by molar-refractivity contribution is -0.605. The first-order valence-corrected chi connectivity index (χ1v) is 6.89. The number of anilines is 1. The minimum atomic E-state index is -0.624. The van der Waals surface area contributed by atoms with Gasteiger partial charge in [-0.1, -0.05) is 18.2 Å². The van der Waals surface area contributed by atoms with Crippen LogP contribution in [0.25, 0.3) is 0 Å². The van der Waals surface area contributed by atoms with Gasteiger partial charge in [-0.25, -0.2) is 4.79 Å². The molecule has 0 fully saturated rings. The van der Waals surface area contributed by atoms with Gasteiger partial charge in [0.25, 0.3) is 5.91 Å². The second-order valence-corrected chi connectivity index (χ2v) is 4.95. The van der Waals surface area contributed by atoms with E-state index < -0.39 is 5.97 Å². The molecule has 2 aromatic rings. The van der Waals surface area contributed by atoms with Crippen LogP contribution in [-0.2, 0) is 16.0 Å². The molecule has 0 saturated carbocycles. The molecule has 1 aliphatic heterocycles. The van der Waals surface area contributed by atoms with Crippen LogP contribution < -0.4 is 9.63 Å². The number of benzene rings is 1. The second kappa shape index (κ2) is 5.85. The standard InChI is InChI=1S/C16H14N2O4/c19-15(18-10-7-12-3-1-2-4-14(12)18)11-22-16(20)13-5-8-17(21)9-6-13/h1-6,8-9H,7,10-11H2. The third-order valence-corrected chi connectivity index (χ3v) is 3.55. The third-order valence-electron chi connectivity index (χ3n) is 3.55. The van der Waals surface area contributed by atoms with Gasteiger partial charge in [0.2, 0.25) is 0 Å². The van der Waals surface area contributed by atoms with Gasteiger partial charge in [0.1, 0.15) is 0 Å². The van der Waals surface area contributed by atoms with E-state index in [2.05, 4.69) is 0 Å². The Balaban J connectivity index is 1.61. The monoisotopic (exact) mass is 298 g/mol. The van der Waals surface area contributed by atoms with Crippen molar-refractivity contribution in [1.29, 1.82) is 0 Å². The summed E-state index contributed by atoms with van der Waals surface area (Å²) in [6, 6.07) is 10.4. The summed E-state index contributed by atoms with van der Waals surface area (Å²) in [5.41, 5.74) is 2.22. The van der Waals surface area contributed by atoms with Gasteiger partial charge in [-0.05, 0) is 18.1 Å². The van der Waals surface area contributed by atoms with Crippen molar-refractivity contribution in [1.82, 2.24) is 0 Å². The van der Waals surface area contributed by atoms with Crippen molar-refractivity contribution >= 4 is 17.6 Å². The fraction of sp³-hybridized carbons (Fsp3) is 0.188. The number of para-hydroxylation sites is 1. The Morgan fingerprint density at radius 2 is 1.91 bits per heavy atom. The van der Waals surface area contributed by atoms with Crippen molar-refractivity contribution in [2.24, 2.45) is 0 Å². The number of aromatic nitrogens is 1. The average Bonchev–Trinajstić information content (AvgIpc) is 2.97. The maximum Gasteiger partial charge on any atom is 0.339 e. The Labute approximate surface area is 127 Å². The van der Waals surface area contributed by atoms with E-state index in [-0.39, 0.29) is 18.1 Å². The first kappa shape index (κ1) is 14.1. The zero-order chi connectivity index (χ0) is 15.5. The molecular formula is C16H14N2O4. The summed E-state index contributed by atoms with van der Waals surface area (Å²) in [5, 5.41) is 10.9. The lowest BCUT2D eigenvalue weighted by Gasteiger charge is -2.17. The van der Waals surface area contributed by atoms with Gasteiger partial charge in [0, 0.05) is 24.4 Å². The predicted octanol–water partition coefficient (Wildman–Crippen LogP) is 1.07. The maximum atomic E-state index is 12.2. The van der Waals surface area contributed by atoms with Gasteiger partial charge < -0.3 is 14.8 Å². The van der Waals surface area contributed by atoms with E-state index in [9.17, 15) is 14.8 Å². The molecule has 0 saturated heterocycles. The molecule has 0 aliphatic carbocycles. The van der Waals surface area contributed by atoms with Crippen LogP contribution in [0.15, 0.2) is 48.8 Å². The lowest BCUT2D eigenvalue weighted by atomic mass is 10.2. The minimum Gasteiger partial charge on any atom is -0.619 e. The number of amides is 1. The van der Waals surface area contributed by atoms with E-state index in [4.69, 9.17) is 4.74 Å². The molecule has 0 radical (unpaired) electrons. The Hall–Kier alpha value is -2.89. The van der Waals surface area contributed by atoms with Crippen LogP contribution in [0.5, 0.6) is 0 Å². The average molecular weight is 298 g/mol. The molecule has 1 aromatic carbocycles. The molecule has 0 N–H and O–H groups in total. The summed E-state index contributed by atoms with van der Waals surface area (Å²) < 4.78 is 5.59. The van der Waals surface area contributed by atoms with Gasteiger partial charge in [-0.3, -0.25) is 4.79 Å². The molecular weight excluding hydrogens is 284 g/mol. The van der Waals surface area contributed by atoms with Gasteiger partial charge in [0.05, 0.1) is 5.56 Å². The molecule has 1 amide bonds. The number of esters is 1. The topological polar surface area (TPSA) is 73.6 Å². The number of pyridine rings is 1. The largest absolute Gasteiger partial charge is 0.619 e. The highest BCUT2D eigenvalue weighted by Crippen LogP contribution is 2.27. The molecule has 1 aromatic heterocycles.